The van der Waals surface area contributed by atoms with Crippen LogP contribution >= 0.6 is 0 Å². The average molecular weight is 344 g/mol. The molecular weight excluding hydrogens is 328 g/mol. The Morgan fingerprint density at radius 1 is 1.00 bits per heavy atom. The van der Waals surface area contributed by atoms with Crippen LogP contribution in [0.1, 0.15) is 12.3 Å². The van der Waals surface area contributed by atoms with E-state index in [9.17, 15) is 4.79 Å². The molecule has 0 aliphatic heterocycles. The quantitative estimate of drug-likeness (QED) is 0.594. The van der Waals surface area contributed by atoms with Gasteiger partial charge in [-0.3, -0.25) is 9.78 Å². The number of para-hydroxylation sites is 1. The number of nitrogens with zero attached hydrogens (tertiary/aromatic N) is 3. The highest BCUT2D eigenvalue weighted by atomic mass is 16.4. The number of aromatic nitrogens is 3. The van der Waals surface area contributed by atoms with Gasteiger partial charge in [0.15, 0.2) is 0 Å². The van der Waals surface area contributed by atoms with Crippen molar-refractivity contribution in [1.82, 2.24) is 15.2 Å². The summed E-state index contributed by atoms with van der Waals surface area (Å²) in [5.41, 5.74) is 2.42. The molecule has 0 saturated heterocycles. The Morgan fingerprint density at radius 2 is 1.81 bits per heavy atom. The zero-order valence-corrected chi connectivity index (χ0v) is 13.9. The summed E-state index contributed by atoms with van der Waals surface area (Å²) in [6.07, 6.45) is 2.29. The summed E-state index contributed by atoms with van der Waals surface area (Å²) in [4.78, 5) is 16.5. The summed E-state index contributed by atoms with van der Waals surface area (Å²) in [6.45, 7) is 0. The molecule has 0 fully saturated rings. The molecular formula is C20H16N4O2. The summed E-state index contributed by atoms with van der Waals surface area (Å²) in [5, 5.41) is 11.9. The highest BCUT2D eigenvalue weighted by Crippen LogP contribution is 2.18. The van der Waals surface area contributed by atoms with E-state index < -0.39 is 0 Å². The number of aryl methyl sites for hydroxylation is 1. The Morgan fingerprint density at radius 3 is 2.69 bits per heavy atom. The maximum Gasteiger partial charge on any atom is 0.247 e. The third-order valence-corrected chi connectivity index (χ3v) is 3.93. The van der Waals surface area contributed by atoms with Gasteiger partial charge in [0.2, 0.25) is 17.7 Å². The van der Waals surface area contributed by atoms with Gasteiger partial charge in [0.1, 0.15) is 0 Å². The molecule has 6 heteroatoms. The van der Waals surface area contributed by atoms with Crippen LogP contribution in [0.4, 0.5) is 5.69 Å². The van der Waals surface area contributed by atoms with Crippen LogP contribution in [0.5, 0.6) is 0 Å². The van der Waals surface area contributed by atoms with Crippen LogP contribution < -0.4 is 5.32 Å². The third-order valence-electron chi connectivity index (χ3n) is 3.93. The molecule has 4 aromatic rings. The fourth-order valence-electron chi connectivity index (χ4n) is 2.64. The number of rotatable bonds is 5. The molecule has 1 amide bonds. The smallest absolute Gasteiger partial charge is 0.247 e. The molecule has 1 N–H and O–H groups in total. The molecule has 0 bridgehead atoms. The minimum absolute atomic E-state index is 0.124. The number of amides is 1. The lowest BCUT2D eigenvalue weighted by atomic mass is 10.2. The molecule has 0 radical (unpaired) electrons. The van der Waals surface area contributed by atoms with E-state index in [4.69, 9.17) is 4.42 Å². The molecule has 0 unspecified atom stereocenters. The number of benzene rings is 2. The first-order chi connectivity index (χ1) is 12.8. The first-order valence-corrected chi connectivity index (χ1v) is 8.30. The van der Waals surface area contributed by atoms with E-state index in [2.05, 4.69) is 20.5 Å². The normalized spacial score (nSPS) is 10.8. The van der Waals surface area contributed by atoms with E-state index in [0.717, 1.165) is 16.5 Å². The number of anilines is 1. The molecule has 0 atom stereocenters. The van der Waals surface area contributed by atoms with E-state index in [1.54, 1.807) is 6.20 Å². The van der Waals surface area contributed by atoms with Crippen molar-refractivity contribution in [2.75, 3.05) is 5.32 Å². The summed E-state index contributed by atoms with van der Waals surface area (Å²) < 4.78 is 5.61. The van der Waals surface area contributed by atoms with Crippen molar-refractivity contribution < 1.29 is 9.21 Å². The fourth-order valence-corrected chi connectivity index (χ4v) is 2.64. The summed E-state index contributed by atoms with van der Waals surface area (Å²) in [6, 6.07) is 19.2. The van der Waals surface area contributed by atoms with Gasteiger partial charge in [0.05, 0.1) is 17.4 Å². The van der Waals surface area contributed by atoms with Crippen molar-refractivity contribution in [2.24, 2.45) is 0 Å². The number of nitrogens with one attached hydrogen (secondary N) is 1. The number of carbonyl (C=O) groups is 1. The molecule has 128 valence electrons. The second-order valence-electron chi connectivity index (χ2n) is 5.83. The molecule has 2 aromatic carbocycles. The predicted molar refractivity (Wildman–Crippen MR) is 98.4 cm³/mol. The number of hydrogen-bond acceptors (Lipinski definition) is 5. The lowest BCUT2D eigenvalue weighted by Crippen LogP contribution is -2.12. The second kappa shape index (κ2) is 7.14. The van der Waals surface area contributed by atoms with Crippen LogP contribution in [0.15, 0.2) is 71.3 Å². The van der Waals surface area contributed by atoms with E-state index in [-0.39, 0.29) is 12.3 Å². The van der Waals surface area contributed by atoms with Crippen molar-refractivity contribution in [1.29, 1.82) is 0 Å². The Hall–Kier alpha value is -3.54. The predicted octanol–water partition coefficient (Wildman–Crippen LogP) is 3.86. The van der Waals surface area contributed by atoms with Crippen molar-refractivity contribution >= 4 is 22.5 Å². The van der Waals surface area contributed by atoms with Gasteiger partial charge in [0.25, 0.3) is 0 Å². The van der Waals surface area contributed by atoms with Crippen molar-refractivity contribution in [3.63, 3.8) is 0 Å². The topological polar surface area (TPSA) is 80.9 Å². The van der Waals surface area contributed by atoms with Gasteiger partial charge in [-0.05, 0) is 24.3 Å². The Labute approximate surface area is 149 Å². The second-order valence-corrected chi connectivity index (χ2v) is 5.83. The van der Waals surface area contributed by atoms with E-state index in [1.165, 1.54) is 0 Å². The maximum atomic E-state index is 12.2. The molecule has 0 saturated carbocycles. The first kappa shape index (κ1) is 16.0. The fraction of sp³-hybridized carbons (Fsp3) is 0.100. The third kappa shape index (κ3) is 3.59. The Balaban J connectivity index is 1.37. The van der Waals surface area contributed by atoms with Crippen LogP contribution in [-0.2, 0) is 11.2 Å². The van der Waals surface area contributed by atoms with Crippen molar-refractivity contribution in [3.8, 4) is 11.5 Å². The zero-order chi connectivity index (χ0) is 17.8. The van der Waals surface area contributed by atoms with Crippen molar-refractivity contribution in [2.45, 2.75) is 12.8 Å². The number of hydrogen-bond donors (Lipinski definition) is 1. The molecule has 6 nitrogen and oxygen atoms in total. The zero-order valence-electron chi connectivity index (χ0n) is 13.9. The van der Waals surface area contributed by atoms with Gasteiger partial charge in [-0.1, -0.05) is 36.4 Å². The van der Waals surface area contributed by atoms with Crippen LogP contribution in [0.2, 0.25) is 0 Å². The lowest BCUT2D eigenvalue weighted by Gasteiger charge is -2.05. The molecule has 0 spiro atoms. The SMILES string of the molecule is O=C(CCc1nnc(-c2ccccc2)o1)Nc1cnc2ccccc2c1. The summed E-state index contributed by atoms with van der Waals surface area (Å²) in [7, 11) is 0. The average Bonchev–Trinajstić information content (AvgIpc) is 3.16. The molecule has 2 aromatic heterocycles. The molecule has 2 heterocycles. The minimum atomic E-state index is -0.124. The van der Waals surface area contributed by atoms with Crippen molar-refractivity contribution in [3.05, 3.63) is 72.8 Å². The van der Waals surface area contributed by atoms with Crippen LogP contribution in [0, 0.1) is 0 Å². The van der Waals surface area contributed by atoms with Crippen LogP contribution in [-0.4, -0.2) is 21.1 Å². The Bertz CT molecular complexity index is 1040. The van der Waals surface area contributed by atoms with Gasteiger partial charge in [-0.2, -0.15) is 0 Å². The highest BCUT2D eigenvalue weighted by molar-refractivity contribution is 5.93. The number of carbonyl (C=O) groups excluding carboxylic acids is 1. The molecule has 4 rings (SSSR count). The van der Waals surface area contributed by atoms with Crippen LogP contribution in [0.25, 0.3) is 22.4 Å². The van der Waals surface area contributed by atoms with Crippen LogP contribution in [0.3, 0.4) is 0 Å². The van der Waals surface area contributed by atoms with Gasteiger partial charge >= 0.3 is 0 Å². The Kier molecular flexibility index (Phi) is 4.38. The summed E-state index contributed by atoms with van der Waals surface area (Å²) in [5.74, 6) is 0.775. The first-order valence-electron chi connectivity index (χ1n) is 8.30. The lowest BCUT2D eigenvalue weighted by molar-refractivity contribution is -0.116. The minimum Gasteiger partial charge on any atom is -0.421 e. The number of fused-ring (bicyclic) bond motifs is 1. The molecule has 0 aliphatic carbocycles. The summed E-state index contributed by atoms with van der Waals surface area (Å²) >= 11 is 0. The number of pyridine rings is 1. The van der Waals surface area contributed by atoms with E-state index >= 15 is 0 Å². The largest absolute Gasteiger partial charge is 0.421 e. The van der Waals surface area contributed by atoms with E-state index in [1.807, 2.05) is 60.7 Å². The molecule has 0 aliphatic rings. The van der Waals surface area contributed by atoms with Gasteiger partial charge in [-0.25, -0.2) is 0 Å². The maximum absolute atomic E-state index is 12.2. The van der Waals surface area contributed by atoms with E-state index in [0.29, 0.717) is 23.9 Å². The molecule has 26 heavy (non-hydrogen) atoms. The van der Waals surface area contributed by atoms with Gasteiger partial charge in [0, 0.05) is 23.8 Å². The van der Waals surface area contributed by atoms with Gasteiger partial charge in [-0.15, -0.1) is 10.2 Å². The highest BCUT2D eigenvalue weighted by Gasteiger charge is 2.11. The van der Waals surface area contributed by atoms with Gasteiger partial charge < -0.3 is 9.73 Å². The monoisotopic (exact) mass is 344 g/mol. The standard InChI is InChI=1S/C20H16N4O2/c25-18(22-16-12-15-8-4-5-9-17(15)21-13-16)10-11-19-23-24-20(26-19)14-6-2-1-3-7-14/h1-9,12-13H,10-11H2,(H,22,25).